The SMILES string of the molecule is COc1cc(NC(=O)c2ccc(CN)o2)c(OC)cc1Cl. The van der Waals surface area contributed by atoms with Crippen molar-refractivity contribution in [1.29, 1.82) is 0 Å². The van der Waals surface area contributed by atoms with Crippen molar-refractivity contribution in [3.8, 4) is 11.5 Å². The Bertz CT molecular complexity index is 654. The molecule has 112 valence electrons. The summed E-state index contributed by atoms with van der Waals surface area (Å²) in [5, 5.41) is 3.06. The zero-order valence-corrected chi connectivity index (χ0v) is 12.4. The molecule has 2 aromatic rings. The minimum absolute atomic E-state index is 0.159. The van der Waals surface area contributed by atoms with Crippen LogP contribution in [0.3, 0.4) is 0 Å². The van der Waals surface area contributed by atoms with Crippen LogP contribution in [0.25, 0.3) is 0 Å². The summed E-state index contributed by atoms with van der Waals surface area (Å²) in [6, 6.07) is 6.33. The monoisotopic (exact) mass is 310 g/mol. The molecule has 0 aliphatic rings. The Morgan fingerprint density at radius 1 is 1.29 bits per heavy atom. The van der Waals surface area contributed by atoms with Crippen LogP contribution in [0.4, 0.5) is 5.69 Å². The third-order valence-electron chi connectivity index (χ3n) is 2.81. The second kappa shape index (κ2) is 6.51. The summed E-state index contributed by atoms with van der Waals surface area (Å²) in [7, 11) is 2.96. The van der Waals surface area contributed by atoms with Gasteiger partial charge in [0.1, 0.15) is 17.3 Å². The number of carbonyl (C=O) groups is 1. The highest BCUT2D eigenvalue weighted by Gasteiger charge is 2.16. The van der Waals surface area contributed by atoms with Gasteiger partial charge in [-0.3, -0.25) is 4.79 Å². The van der Waals surface area contributed by atoms with Gasteiger partial charge in [0.25, 0.3) is 5.91 Å². The minimum atomic E-state index is -0.419. The molecule has 1 amide bonds. The van der Waals surface area contributed by atoms with E-state index in [1.165, 1.54) is 14.2 Å². The summed E-state index contributed by atoms with van der Waals surface area (Å²) >= 11 is 6.01. The van der Waals surface area contributed by atoms with E-state index in [-0.39, 0.29) is 12.3 Å². The maximum absolute atomic E-state index is 12.1. The fourth-order valence-electron chi connectivity index (χ4n) is 1.75. The van der Waals surface area contributed by atoms with E-state index < -0.39 is 5.91 Å². The number of halogens is 1. The molecule has 0 aliphatic carbocycles. The summed E-state index contributed by atoms with van der Waals surface area (Å²) in [5.41, 5.74) is 5.86. The maximum atomic E-state index is 12.1. The average Bonchev–Trinajstić information content (AvgIpc) is 2.97. The lowest BCUT2D eigenvalue weighted by Crippen LogP contribution is -2.12. The molecule has 3 N–H and O–H groups in total. The van der Waals surface area contributed by atoms with Gasteiger partial charge in [-0.2, -0.15) is 0 Å². The Hall–Kier alpha value is -2.18. The molecule has 0 radical (unpaired) electrons. The predicted octanol–water partition coefficient (Wildman–Crippen LogP) is 2.66. The van der Waals surface area contributed by atoms with Crippen molar-refractivity contribution in [2.24, 2.45) is 5.73 Å². The second-order valence-electron chi connectivity index (χ2n) is 4.11. The first kappa shape index (κ1) is 15.2. The number of carbonyl (C=O) groups excluding carboxylic acids is 1. The van der Waals surface area contributed by atoms with Crippen LogP contribution < -0.4 is 20.5 Å². The van der Waals surface area contributed by atoms with Gasteiger partial charge in [-0.05, 0) is 12.1 Å². The molecule has 0 unspecified atom stereocenters. The summed E-state index contributed by atoms with van der Waals surface area (Å²) in [6.45, 7) is 0.228. The normalized spacial score (nSPS) is 10.3. The number of ether oxygens (including phenoxy) is 2. The van der Waals surface area contributed by atoms with E-state index in [0.29, 0.717) is 28.0 Å². The number of rotatable bonds is 5. The smallest absolute Gasteiger partial charge is 0.291 e. The lowest BCUT2D eigenvalue weighted by molar-refractivity contribution is 0.0994. The highest BCUT2D eigenvalue weighted by Crippen LogP contribution is 2.36. The van der Waals surface area contributed by atoms with Crippen LogP contribution in [-0.2, 0) is 6.54 Å². The lowest BCUT2D eigenvalue weighted by Gasteiger charge is -2.12. The Morgan fingerprint density at radius 3 is 2.57 bits per heavy atom. The highest BCUT2D eigenvalue weighted by atomic mass is 35.5. The lowest BCUT2D eigenvalue weighted by atomic mass is 10.2. The van der Waals surface area contributed by atoms with Gasteiger partial charge < -0.3 is 24.9 Å². The number of hydrogen-bond acceptors (Lipinski definition) is 5. The van der Waals surface area contributed by atoms with Crippen molar-refractivity contribution < 1.29 is 18.7 Å². The number of methoxy groups -OCH3 is 2. The molecule has 0 saturated carbocycles. The van der Waals surface area contributed by atoms with Crippen LogP contribution in [0.2, 0.25) is 5.02 Å². The van der Waals surface area contributed by atoms with Crippen molar-refractivity contribution in [3.63, 3.8) is 0 Å². The standard InChI is InChI=1S/C14H15ClN2O4/c1-19-12-6-10(13(20-2)5-9(12)15)17-14(18)11-4-3-8(7-16)21-11/h3-6H,7,16H2,1-2H3,(H,17,18). The van der Waals surface area contributed by atoms with Crippen LogP contribution in [0.1, 0.15) is 16.3 Å². The number of amides is 1. The molecule has 2 rings (SSSR count). The molecule has 6 nitrogen and oxygen atoms in total. The van der Waals surface area contributed by atoms with Crippen molar-refractivity contribution in [2.75, 3.05) is 19.5 Å². The number of benzene rings is 1. The van der Waals surface area contributed by atoms with Gasteiger partial charge in [0.15, 0.2) is 5.76 Å². The second-order valence-corrected chi connectivity index (χ2v) is 4.52. The van der Waals surface area contributed by atoms with Gasteiger partial charge in [-0.25, -0.2) is 0 Å². The van der Waals surface area contributed by atoms with Crippen LogP contribution in [0, 0.1) is 0 Å². The fourth-order valence-corrected chi connectivity index (χ4v) is 1.98. The summed E-state index contributed by atoms with van der Waals surface area (Å²) in [5.74, 6) is 1.11. The number of hydrogen-bond donors (Lipinski definition) is 2. The third kappa shape index (κ3) is 3.29. The molecule has 0 aliphatic heterocycles. The van der Waals surface area contributed by atoms with E-state index in [1.807, 2.05) is 0 Å². The number of furan rings is 1. The molecule has 1 aromatic carbocycles. The van der Waals surface area contributed by atoms with Gasteiger partial charge in [0.2, 0.25) is 0 Å². The zero-order chi connectivity index (χ0) is 15.4. The quantitative estimate of drug-likeness (QED) is 0.886. The minimum Gasteiger partial charge on any atom is -0.495 e. The first-order valence-electron chi connectivity index (χ1n) is 6.10. The van der Waals surface area contributed by atoms with Crippen LogP contribution >= 0.6 is 11.6 Å². The molecule has 1 aromatic heterocycles. The van der Waals surface area contributed by atoms with Crippen LogP contribution in [0.15, 0.2) is 28.7 Å². The Kier molecular flexibility index (Phi) is 4.72. The van der Waals surface area contributed by atoms with Gasteiger partial charge in [0, 0.05) is 12.1 Å². The van der Waals surface area contributed by atoms with Gasteiger partial charge in [0.05, 0.1) is 31.5 Å². The van der Waals surface area contributed by atoms with E-state index >= 15 is 0 Å². The first-order valence-corrected chi connectivity index (χ1v) is 6.48. The summed E-state index contributed by atoms with van der Waals surface area (Å²) in [6.07, 6.45) is 0. The topological polar surface area (TPSA) is 86.7 Å². The average molecular weight is 311 g/mol. The van der Waals surface area contributed by atoms with Crippen molar-refractivity contribution in [2.45, 2.75) is 6.54 Å². The van der Waals surface area contributed by atoms with E-state index in [2.05, 4.69) is 5.32 Å². The molecular weight excluding hydrogens is 296 g/mol. The van der Waals surface area contributed by atoms with E-state index in [1.54, 1.807) is 24.3 Å². The summed E-state index contributed by atoms with van der Waals surface area (Å²) in [4.78, 5) is 12.1. The molecule has 0 bridgehead atoms. The van der Waals surface area contributed by atoms with Crippen molar-refractivity contribution >= 4 is 23.2 Å². The van der Waals surface area contributed by atoms with E-state index in [4.69, 9.17) is 31.2 Å². The molecule has 0 atom stereocenters. The third-order valence-corrected chi connectivity index (χ3v) is 3.10. The molecular formula is C14H15ClN2O4. The van der Waals surface area contributed by atoms with Gasteiger partial charge >= 0.3 is 0 Å². The Balaban J connectivity index is 2.27. The molecule has 0 saturated heterocycles. The summed E-state index contributed by atoms with van der Waals surface area (Å²) < 4.78 is 15.6. The molecule has 0 fully saturated rings. The number of nitrogens with one attached hydrogen (secondary N) is 1. The van der Waals surface area contributed by atoms with Crippen LogP contribution in [-0.4, -0.2) is 20.1 Å². The molecule has 21 heavy (non-hydrogen) atoms. The number of nitrogens with two attached hydrogens (primary N) is 1. The molecule has 7 heteroatoms. The number of anilines is 1. The van der Waals surface area contributed by atoms with E-state index in [9.17, 15) is 4.79 Å². The Morgan fingerprint density at radius 2 is 2.00 bits per heavy atom. The van der Waals surface area contributed by atoms with Crippen molar-refractivity contribution in [1.82, 2.24) is 0 Å². The van der Waals surface area contributed by atoms with Crippen LogP contribution in [0.5, 0.6) is 11.5 Å². The Labute approximate surface area is 126 Å². The predicted molar refractivity (Wildman–Crippen MR) is 79.1 cm³/mol. The first-order chi connectivity index (χ1) is 10.1. The zero-order valence-electron chi connectivity index (χ0n) is 11.6. The molecule has 0 spiro atoms. The largest absolute Gasteiger partial charge is 0.495 e. The van der Waals surface area contributed by atoms with Crippen molar-refractivity contribution in [3.05, 3.63) is 40.8 Å². The molecule has 1 heterocycles. The van der Waals surface area contributed by atoms with Gasteiger partial charge in [-0.15, -0.1) is 0 Å². The van der Waals surface area contributed by atoms with E-state index in [0.717, 1.165) is 0 Å². The highest BCUT2D eigenvalue weighted by molar-refractivity contribution is 6.32. The van der Waals surface area contributed by atoms with Gasteiger partial charge in [-0.1, -0.05) is 11.6 Å². The fraction of sp³-hybridized carbons (Fsp3) is 0.214. The maximum Gasteiger partial charge on any atom is 0.291 e.